The molecule has 1 aromatic heterocycles. The number of ether oxygens (including phenoxy) is 1. The second kappa shape index (κ2) is 4.98. The first-order chi connectivity index (χ1) is 11.4. The van der Waals surface area contributed by atoms with Gasteiger partial charge in [-0.3, -0.25) is 4.79 Å². The number of fused-ring (bicyclic) bond motifs is 2. The van der Waals surface area contributed by atoms with E-state index in [-0.39, 0.29) is 11.6 Å². The SMILES string of the molecule is C=C1C=C(C)c2cc3c(C)cc(=O)n(C)c3c3c2N1C(CN)CO3. The molecule has 0 radical (unpaired) electrons. The summed E-state index contributed by atoms with van der Waals surface area (Å²) in [6.07, 6.45) is 2.09. The lowest BCUT2D eigenvalue weighted by Gasteiger charge is -2.42. The molecular formula is C19H21N3O2. The van der Waals surface area contributed by atoms with Crippen molar-refractivity contribution in [3.63, 3.8) is 0 Å². The summed E-state index contributed by atoms with van der Waals surface area (Å²) in [7, 11) is 1.79. The zero-order valence-electron chi connectivity index (χ0n) is 14.2. The summed E-state index contributed by atoms with van der Waals surface area (Å²) in [5.41, 5.74) is 11.9. The number of hydrogen-bond donors (Lipinski definition) is 1. The van der Waals surface area contributed by atoms with Crippen molar-refractivity contribution in [3.8, 4) is 5.75 Å². The third kappa shape index (κ3) is 1.82. The monoisotopic (exact) mass is 323 g/mol. The molecule has 4 rings (SSSR count). The van der Waals surface area contributed by atoms with E-state index in [1.54, 1.807) is 17.7 Å². The summed E-state index contributed by atoms with van der Waals surface area (Å²) >= 11 is 0. The predicted octanol–water partition coefficient (Wildman–Crippen LogP) is 2.30. The Labute approximate surface area is 140 Å². The molecule has 5 heteroatoms. The van der Waals surface area contributed by atoms with Gasteiger partial charge >= 0.3 is 0 Å². The van der Waals surface area contributed by atoms with E-state index < -0.39 is 0 Å². The van der Waals surface area contributed by atoms with E-state index in [2.05, 4.69) is 30.5 Å². The van der Waals surface area contributed by atoms with Crippen molar-refractivity contribution < 1.29 is 4.74 Å². The lowest BCUT2D eigenvalue weighted by atomic mass is 9.92. The maximum Gasteiger partial charge on any atom is 0.251 e. The number of nitrogens with two attached hydrogens (primary N) is 1. The van der Waals surface area contributed by atoms with Gasteiger partial charge in [0.1, 0.15) is 6.61 Å². The zero-order valence-corrected chi connectivity index (χ0v) is 14.2. The average molecular weight is 323 g/mol. The predicted molar refractivity (Wildman–Crippen MR) is 97.5 cm³/mol. The molecule has 1 aromatic carbocycles. The maximum absolute atomic E-state index is 12.3. The summed E-state index contributed by atoms with van der Waals surface area (Å²) in [4.78, 5) is 14.4. The van der Waals surface area contributed by atoms with E-state index in [4.69, 9.17) is 10.5 Å². The van der Waals surface area contributed by atoms with E-state index in [9.17, 15) is 4.79 Å². The molecule has 0 bridgehead atoms. The standard InChI is InChI=1S/C19H21N3O2/c1-10-5-12(3)22-13(8-20)9-24-19-17-14(7-15(10)18(19)22)11(2)6-16(23)21(17)4/h5-7,13H,3,8-9,20H2,1-2,4H3. The van der Waals surface area contributed by atoms with Crippen molar-refractivity contribution in [2.75, 3.05) is 18.1 Å². The van der Waals surface area contributed by atoms with Crippen LogP contribution in [0.5, 0.6) is 5.75 Å². The summed E-state index contributed by atoms with van der Waals surface area (Å²) < 4.78 is 7.79. The molecule has 2 N–H and O–H groups in total. The van der Waals surface area contributed by atoms with Crippen LogP contribution in [0.25, 0.3) is 16.5 Å². The highest BCUT2D eigenvalue weighted by atomic mass is 16.5. The van der Waals surface area contributed by atoms with Crippen LogP contribution in [0.2, 0.25) is 0 Å². The highest BCUT2D eigenvalue weighted by molar-refractivity contribution is 6.01. The Balaban J connectivity index is 2.19. The molecule has 1 atom stereocenters. The number of hydrogen-bond acceptors (Lipinski definition) is 4. The van der Waals surface area contributed by atoms with Crippen LogP contribution < -0.4 is 20.9 Å². The van der Waals surface area contributed by atoms with Crippen LogP contribution in [0.4, 0.5) is 5.69 Å². The molecule has 24 heavy (non-hydrogen) atoms. The number of benzene rings is 1. The molecule has 2 aliphatic rings. The van der Waals surface area contributed by atoms with Gasteiger partial charge in [0.05, 0.1) is 17.2 Å². The van der Waals surface area contributed by atoms with Crippen molar-refractivity contribution in [1.29, 1.82) is 0 Å². The van der Waals surface area contributed by atoms with Gasteiger partial charge in [-0.1, -0.05) is 6.58 Å². The van der Waals surface area contributed by atoms with Gasteiger partial charge < -0.3 is 19.9 Å². The van der Waals surface area contributed by atoms with Crippen molar-refractivity contribution in [2.24, 2.45) is 12.8 Å². The van der Waals surface area contributed by atoms with Crippen LogP contribution in [0.3, 0.4) is 0 Å². The Hall–Kier alpha value is -2.53. The number of aromatic nitrogens is 1. The number of anilines is 1. The lowest BCUT2D eigenvalue weighted by Crippen LogP contribution is -2.48. The third-order valence-electron chi connectivity index (χ3n) is 5.08. The van der Waals surface area contributed by atoms with Gasteiger partial charge in [-0.2, -0.15) is 0 Å². The van der Waals surface area contributed by atoms with Crippen LogP contribution in [0.1, 0.15) is 18.1 Å². The Morgan fingerprint density at radius 1 is 1.38 bits per heavy atom. The highest BCUT2D eigenvalue weighted by Crippen LogP contribution is 2.49. The van der Waals surface area contributed by atoms with Gasteiger partial charge in [0.25, 0.3) is 5.56 Å². The summed E-state index contributed by atoms with van der Waals surface area (Å²) in [6.45, 7) is 9.20. The van der Waals surface area contributed by atoms with Crippen LogP contribution in [-0.2, 0) is 7.05 Å². The molecule has 2 aromatic rings. The summed E-state index contributed by atoms with van der Waals surface area (Å²) in [5.74, 6) is 0.754. The van der Waals surface area contributed by atoms with Crippen LogP contribution >= 0.6 is 0 Å². The topological polar surface area (TPSA) is 60.5 Å². The minimum Gasteiger partial charge on any atom is -0.487 e. The van der Waals surface area contributed by atoms with Crippen LogP contribution in [-0.4, -0.2) is 23.8 Å². The fourth-order valence-electron chi connectivity index (χ4n) is 3.80. The largest absolute Gasteiger partial charge is 0.487 e. The number of allylic oxidation sites excluding steroid dienone is 2. The number of rotatable bonds is 1. The summed E-state index contributed by atoms with van der Waals surface area (Å²) in [6, 6.07) is 3.87. The molecular weight excluding hydrogens is 302 g/mol. The minimum atomic E-state index is -0.0331. The van der Waals surface area contributed by atoms with E-state index in [1.165, 1.54) is 0 Å². The van der Waals surface area contributed by atoms with Crippen molar-refractivity contribution in [1.82, 2.24) is 4.57 Å². The summed E-state index contributed by atoms with van der Waals surface area (Å²) in [5, 5.41) is 1.04. The molecule has 0 spiro atoms. The molecule has 3 heterocycles. The van der Waals surface area contributed by atoms with Crippen molar-refractivity contribution in [2.45, 2.75) is 19.9 Å². The first kappa shape index (κ1) is 15.0. The van der Waals surface area contributed by atoms with Gasteiger partial charge in [-0.25, -0.2) is 0 Å². The second-order valence-electron chi connectivity index (χ2n) is 6.61. The van der Waals surface area contributed by atoms with Crippen LogP contribution in [0.15, 0.2) is 35.3 Å². The quantitative estimate of drug-likeness (QED) is 0.875. The van der Waals surface area contributed by atoms with Gasteiger partial charge in [-0.15, -0.1) is 0 Å². The van der Waals surface area contributed by atoms with Crippen molar-refractivity contribution in [3.05, 3.63) is 52.0 Å². The van der Waals surface area contributed by atoms with E-state index in [0.717, 1.165) is 44.7 Å². The van der Waals surface area contributed by atoms with E-state index in [0.29, 0.717) is 13.2 Å². The molecule has 0 aliphatic carbocycles. The molecule has 1 unspecified atom stereocenters. The molecule has 124 valence electrons. The fraction of sp³-hybridized carbons (Fsp3) is 0.316. The second-order valence-corrected chi connectivity index (χ2v) is 6.61. The van der Waals surface area contributed by atoms with Gasteiger partial charge in [-0.05, 0) is 37.1 Å². The van der Waals surface area contributed by atoms with Gasteiger partial charge in [0.2, 0.25) is 0 Å². The Morgan fingerprint density at radius 2 is 2.12 bits per heavy atom. The molecule has 0 amide bonds. The number of pyridine rings is 1. The molecule has 0 saturated heterocycles. The molecule has 0 fully saturated rings. The first-order valence-corrected chi connectivity index (χ1v) is 8.11. The highest BCUT2D eigenvalue weighted by Gasteiger charge is 2.35. The fourth-order valence-corrected chi connectivity index (χ4v) is 3.80. The smallest absolute Gasteiger partial charge is 0.251 e. The number of aryl methyl sites for hydroxylation is 2. The van der Waals surface area contributed by atoms with Gasteiger partial charge in [0, 0.05) is 36.3 Å². The third-order valence-corrected chi connectivity index (χ3v) is 5.08. The Bertz CT molecular complexity index is 984. The zero-order chi connectivity index (χ0) is 17.2. The van der Waals surface area contributed by atoms with Crippen LogP contribution in [0, 0.1) is 6.92 Å². The Morgan fingerprint density at radius 3 is 2.83 bits per heavy atom. The maximum atomic E-state index is 12.3. The van der Waals surface area contributed by atoms with E-state index >= 15 is 0 Å². The normalized spacial score (nSPS) is 19.2. The Kier molecular flexibility index (Phi) is 3.12. The lowest BCUT2D eigenvalue weighted by molar-refractivity contribution is 0.272. The molecule has 5 nitrogen and oxygen atoms in total. The molecule has 0 saturated carbocycles. The number of nitrogens with zero attached hydrogens (tertiary/aromatic N) is 2. The average Bonchev–Trinajstić information content (AvgIpc) is 2.56. The van der Waals surface area contributed by atoms with Crippen molar-refractivity contribution >= 4 is 22.2 Å². The minimum absolute atomic E-state index is 0.0331. The first-order valence-electron chi connectivity index (χ1n) is 8.11. The molecule has 2 aliphatic heterocycles. The van der Waals surface area contributed by atoms with E-state index in [1.807, 2.05) is 6.92 Å². The van der Waals surface area contributed by atoms with Gasteiger partial charge in [0.15, 0.2) is 5.75 Å².